The van der Waals surface area contributed by atoms with Gasteiger partial charge in [-0.3, -0.25) is 4.79 Å². The molecule has 2 aromatic rings. The normalized spacial score (nSPS) is 10.1. The smallest absolute Gasteiger partial charge is 0.251 e. The first-order chi connectivity index (χ1) is 7.75. The van der Waals surface area contributed by atoms with E-state index >= 15 is 0 Å². The number of amides is 1. The summed E-state index contributed by atoms with van der Waals surface area (Å²) in [5.74, 6) is -0.0233. The van der Waals surface area contributed by atoms with Gasteiger partial charge in [0.2, 0.25) is 0 Å². The van der Waals surface area contributed by atoms with E-state index in [1.165, 1.54) is 4.88 Å². The maximum atomic E-state index is 11.7. The first kappa shape index (κ1) is 11.6. The van der Waals surface area contributed by atoms with Crippen molar-refractivity contribution < 1.29 is 4.79 Å². The first-order valence-corrected chi connectivity index (χ1v) is 6.78. The van der Waals surface area contributed by atoms with Crippen LogP contribution in [0.15, 0.2) is 41.8 Å². The maximum Gasteiger partial charge on any atom is 0.251 e. The van der Waals surface area contributed by atoms with Gasteiger partial charge in [0.25, 0.3) is 5.91 Å². The van der Waals surface area contributed by atoms with E-state index in [0.717, 1.165) is 3.57 Å². The third-order valence-corrected chi connectivity index (χ3v) is 3.71. The van der Waals surface area contributed by atoms with Crippen LogP contribution >= 0.6 is 33.9 Å². The van der Waals surface area contributed by atoms with Crippen molar-refractivity contribution in [2.24, 2.45) is 0 Å². The predicted octanol–water partition coefficient (Wildman–Crippen LogP) is 3.28. The highest BCUT2D eigenvalue weighted by Crippen LogP contribution is 2.09. The molecule has 16 heavy (non-hydrogen) atoms. The molecule has 0 aliphatic heterocycles. The fourth-order valence-corrected chi connectivity index (χ4v) is 2.29. The van der Waals surface area contributed by atoms with Crippen LogP contribution in [0.25, 0.3) is 0 Å². The van der Waals surface area contributed by atoms with Gasteiger partial charge in [-0.2, -0.15) is 0 Å². The standard InChI is InChI=1S/C12H10INOS/c13-10-5-3-9(4-6-10)12(15)14-8-11-2-1-7-16-11/h1-7H,8H2,(H,14,15). The van der Waals surface area contributed by atoms with Crippen molar-refractivity contribution >= 4 is 39.8 Å². The third kappa shape index (κ3) is 3.05. The zero-order valence-corrected chi connectivity index (χ0v) is 11.4. The van der Waals surface area contributed by atoms with E-state index in [-0.39, 0.29) is 5.91 Å². The Bertz CT molecular complexity index is 464. The number of carbonyl (C=O) groups is 1. The predicted molar refractivity (Wildman–Crippen MR) is 74.6 cm³/mol. The summed E-state index contributed by atoms with van der Waals surface area (Å²) >= 11 is 3.87. The molecule has 2 rings (SSSR count). The summed E-state index contributed by atoms with van der Waals surface area (Å²) in [6, 6.07) is 11.5. The fraction of sp³-hybridized carbons (Fsp3) is 0.0833. The van der Waals surface area contributed by atoms with Crippen LogP contribution in [0.3, 0.4) is 0 Å². The summed E-state index contributed by atoms with van der Waals surface area (Å²) < 4.78 is 1.13. The molecule has 0 radical (unpaired) electrons. The van der Waals surface area contributed by atoms with Crippen LogP contribution in [0, 0.1) is 3.57 Å². The SMILES string of the molecule is O=C(NCc1cccs1)c1ccc(I)cc1. The number of benzene rings is 1. The molecule has 1 heterocycles. The number of thiophene rings is 1. The van der Waals surface area contributed by atoms with E-state index in [1.807, 2.05) is 41.8 Å². The zero-order chi connectivity index (χ0) is 11.4. The molecule has 0 unspecified atom stereocenters. The van der Waals surface area contributed by atoms with Gasteiger partial charge in [0.15, 0.2) is 0 Å². The van der Waals surface area contributed by atoms with Crippen LogP contribution in [0.2, 0.25) is 0 Å². The van der Waals surface area contributed by atoms with Crippen molar-refractivity contribution in [1.82, 2.24) is 5.32 Å². The highest BCUT2D eigenvalue weighted by Gasteiger charge is 2.04. The summed E-state index contributed by atoms with van der Waals surface area (Å²) in [5, 5.41) is 4.90. The van der Waals surface area contributed by atoms with Crippen LogP contribution in [0.5, 0.6) is 0 Å². The molecule has 0 saturated carbocycles. The Balaban J connectivity index is 1.95. The number of rotatable bonds is 3. The minimum absolute atomic E-state index is 0.0233. The highest BCUT2D eigenvalue weighted by molar-refractivity contribution is 14.1. The Morgan fingerprint density at radius 2 is 2.00 bits per heavy atom. The van der Waals surface area contributed by atoms with Crippen LogP contribution in [-0.2, 0) is 6.54 Å². The summed E-state index contributed by atoms with van der Waals surface area (Å²) in [6.45, 7) is 0.600. The number of nitrogens with one attached hydrogen (secondary N) is 1. The van der Waals surface area contributed by atoms with Crippen molar-refractivity contribution in [3.05, 3.63) is 55.8 Å². The lowest BCUT2D eigenvalue weighted by Crippen LogP contribution is -2.22. The summed E-state index contributed by atoms with van der Waals surface area (Å²) in [6.07, 6.45) is 0. The number of halogens is 1. The Hall–Kier alpha value is -0.880. The molecule has 0 aliphatic carbocycles. The van der Waals surface area contributed by atoms with Crippen LogP contribution < -0.4 is 5.32 Å². The first-order valence-electron chi connectivity index (χ1n) is 4.82. The second kappa shape index (κ2) is 5.45. The highest BCUT2D eigenvalue weighted by atomic mass is 127. The molecular formula is C12H10INOS. The molecule has 0 aliphatic rings. The van der Waals surface area contributed by atoms with Crippen molar-refractivity contribution in [1.29, 1.82) is 0 Å². The molecule has 0 atom stereocenters. The van der Waals surface area contributed by atoms with Gasteiger partial charge in [-0.25, -0.2) is 0 Å². The largest absolute Gasteiger partial charge is 0.347 e. The van der Waals surface area contributed by atoms with Gasteiger partial charge < -0.3 is 5.32 Å². The molecule has 1 aromatic heterocycles. The lowest BCUT2D eigenvalue weighted by Gasteiger charge is -2.03. The lowest BCUT2D eigenvalue weighted by atomic mass is 10.2. The Morgan fingerprint density at radius 1 is 1.25 bits per heavy atom. The second-order valence-corrected chi connectivity index (χ2v) is 5.55. The Morgan fingerprint density at radius 3 is 2.62 bits per heavy atom. The molecule has 4 heteroatoms. The summed E-state index contributed by atoms with van der Waals surface area (Å²) in [7, 11) is 0. The average Bonchev–Trinajstić information content (AvgIpc) is 2.80. The zero-order valence-electron chi connectivity index (χ0n) is 8.44. The molecule has 0 bridgehead atoms. The third-order valence-electron chi connectivity index (χ3n) is 2.11. The van der Waals surface area contributed by atoms with Gasteiger partial charge >= 0.3 is 0 Å². The Kier molecular flexibility index (Phi) is 3.95. The van der Waals surface area contributed by atoms with E-state index in [0.29, 0.717) is 12.1 Å². The van der Waals surface area contributed by atoms with Crippen LogP contribution in [0.1, 0.15) is 15.2 Å². The minimum atomic E-state index is -0.0233. The summed E-state index contributed by atoms with van der Waals surface area (Å²) in [5.41, 5.74) is 0.706. The van der Waals surface area contributed by atoms with E-state index in [4.69, 9.17) is 0 Å². The second-order valence-electron chi connectivity index (χ2n) is 3.27. The molecule has 0 fully saturated rings. The average molecular weight is 343 g/mol. The van der Waals surface area contributed by atoms with E-state index < -0.39 is 0 Å². The van der Waals surface area contributed by atoms with Crippen LogP contribution in [0.4, 0.5) is 0 Å². The molecule has 0 spiro atoms. The molecular weight excluding hydrogens is 333 g/mol. The van der Waals surface area contributed by atoms with Gasteiger partial charge in [-0.15, -0.1) is 11.3 Å². The van der Waals surface area contributed by atoms with Gasteiger partial charge in [0.1, 0.15) is 0 Å². The topological polar surface area (TPSA) is 29.1 Å². The van der Waals surface area contributed by atoms with E-state index in [1.54, 1.807) is 11.3 Å². The monoisotopic (exact) mass is 343 g/mol. The quantitative estimate of drug-likeness (QED) is 0.852. The number of hydrogen-bond acceptors (Lipinski definition) is 2. The molecule has 82 valence electrons. The molecule has 1 aromatic carbocycles. The molecule has 2 nitrogen and oxygen atoms in total. The van der Waals surface area contributed by atoms with Crippen molar-refractivity contribution in [3.8, 4) is 0 Å². The van der Waals surface area contributed by atoms with Crippen LogP contribution in [-0.4, -0.2) is 5.91 Å². The molecule has 0 saturated heterocycles. The van der Waals surface area contributed by atoms with E-state index in [2.05, 4.69) is 27.9 Å². The van der Waals surface area contributed by atoms with Crippen molar-refractivity contribution in [3.63, 3.8) is 0 Å². The molecule has 1 amide bonds. The summed E-state index contributed by atoms with van der Waals surface area (Å²) in [4.78, 5) is 12.9. The minimum Gasteiger partial charge on any atom is -0.347 e. The lowest BCUT2D eigenvalue weighted by molar-refractivity contribution is 0.0951. The van der Waals surface area contributed by atoms with Gasteiger partial charge in [0.05, 0.1) is 6.54 Å². The van der Waals surface area contributed by atoms with Crippen molar-refractivity contribution in [2.75, 3.05) is 0 Å². The van der Waals surface area contributed by atoms with Crippen molar-refractivity contribution in [2.45, 2.75) is 6.54 Å². The van der Waals surface area contributed by atoms with Gasteiger partial charge in [-0.05, 0) is 58.3 Å². The Labute approximate surface area is 112 Å². The fourth-order valence-electron chi connectivity index (χ4n) is 1.28. The molecule has 1 N–H and O–H groups in total. The number of hydrogen-bond donors (Lipinski definition) is 1. The number of carbonyl (C=O) groups excluding carboxylic acids is 1. The van der Waals surface area contributed by atoms with Gasteiger partial charge in [0, 0.05) is 14.0 Å². The van der Waals surface area contributed by atoms with Gasteiger partial charge in [-0.1, -0.05) is 6.07 Å². The van der Waals surface area contributed by atoms with E-state index in [9.17, 15) is 4.79 Å². The maximum absolute atomic E-state index is 11.7.